The van der Waals surface area contributed by atoms with Crippen LogP contribution in [0.1, 0.15) is 55.6 Å². The van der Waals surface area contributed by atoms with Gasteiger partial charge in [0.05, 0.1) is 33.5 Å². The molecule has 1 aliphatic heterocycles. The molecule has 1 amide bonds. The number of alkyl halides is 3. The van der Waals surface area contributed by atoms with Crippen molar-refractivity contribution in [3.8, 4) is 11.3 Å². The summed E-state index contributed by atoms with van der Waals surface area (Å²) in [5, 5.41) is 7.42. The first kappa shape index (κ1) is 23.8. The summed E-state index contributed by atoms with van der Waals surface area (Å²) in [7, 11) is -3.13. The molecule has 0 spiro atoms. The van der Waals surface area contributed by atoms with Crippen molar-refractivity contribution in [2.24, 2.45) is 0 Å². The molecule has 3 heterocycles. The summed E-state index contributed by atoms with van der Waals surface area (Å²) in [5.74, 6) is -0.686. The average Bonchev–Trinajstić information content (AvgIpc) is 3.47. The Hall–Kier alpha value is -2.95. The summed E-state index contributed by atoms with van der Waals surface area (Å²) in [6, 6.07) is 7.88. The van der Waals surface area contributed by atoms with Crippen molar-refractivity contribution in [1.82, 2.24) is 20.1 Å². The Bertz CT molecular complexity index is 1440. The first-order chi connectivity index (χ1) is 16.2. The van der Waals surface area contributed by atoms with Crippen LogP contribution in [0, 0.1) is 0 Å². The average molecular weight is 507 g/mol. The number of amides is 1. The number of carbonyl (C=O) groups excluding carboxylic acids is 1. The lowest BCUT2D eigenvalue weighted by molar-refractivity contribution is -0.160. The molecule has 0 unspecified atom stereocenters. The van der Waals surface area contributed by atoms with Gasteiger partial charge in [0.1, 0.15) is 11.2 Å². The molecule has 11 heteroatoms. The molecular formula is C24H25F3N4O3S. The molecule has 35 heavy (non-hydrogen) atoms. The number of hydrogen-bond acceptors (Lipinski definition) is 5. The minimum atomic E-state index is -4.32. The van der Waals surface area contributed by atoms with E-state index < -0.39 is 32.9 Å². The standard InChI is InChI=1S/C24H25F3N4O3S/c1-14(2)31-18-10-16(21(32)29-22(3)12-35(33,34)13-22)11-28-20(18)19(30-31)15-5-4-6-17(9-15)23(7-8-23)24(25,26)27/h4-6,9-11,14H,7-8,12-13H2,1-3H3,(H,29,32). The summed E-state index contributed by atoms with van der Waals surface area (Å²) in [6.07, 6.45) is -2.80. The largest absolute Gasteiger partial charge is 0.398 e. The third kappa shape index (κ3) is 3.99. The molecule has 0 atom stereocenters. The molecule has 2 aliphatic rings. The van der Waals surface area contributed by atoms with E-state index in [1.807, 2.05) is 13.8 Å². The number of nitrogens with one attached hydrogen (secondary N) is 1. The van der Waals surface area contributed by atoms with Crippen LogP contribution in [0.25, 0.3) is 22.3 Å². The SMILES string of the molecule is CC(C)n1nc(-c2cccc(C3(C(F)(F)F)CC3)c2)c2ncc(C(=O)NC3(C)CS(=O)(=O)C3)cc21. The Balaban J connectivity index is 1.53. The number of sulfone groups is 1. The molecule has 5 rings (SSSR count). The second-order valence-electron chi connectivity index (χ2n) is 10.2. The Morgan fingerprint density at radius 1 is 1.17 bits per heavy atom. The van der Waals surface area contributed by atoms with E-state index in [1.165, 1.54) is 18.3 Å². The van der Waals surface area contributed by atoms with Crippen LogP contribution in [-0.2, 0) is 15.3 Å². The maximum atomic E-state index is 13.7. The van der Waals surface area contributed by atoms with Crippen molar-refractivity contribution in [3.63, 3.8) is 0 Å². The smallest absolute Gasteiger partial charge is 0.345 e. The summed E-state index contributed by atoms with van der Waals surface area (Å²) in [6.45, 7) is 5.49. The molecule has 1 N–H and O–H groups in total. The van der Waals surface area contributed by atoms with E-state index in [2.05, 4.69) is 15.4 Å². The number of rotatable bonds is 5. The number of hydrogen-bond donors (Lipinski definition) is 1. The van der Waals surface area contributed by atoms with Crippen molar-refractivity contribution in [2.75, 3.05) is 11.5 Å². The van der Waals surface area contributed by atoms with E-state index in [-0.39, 0.29) is 41.5 Å². The van der Waals surface area contributed by atoms with Gasteiger partial charge in [0.2, 0.25) is 0 Å². The van der Waals surface area contributed by atoms with Crippen LogP contribution in [-0.4, -0.2) is 52.3 Å². The molecule has 1 saturated heterocycles. The molecule has 0 bridgehead atoms. The third-order valence-corrected chi connectivity index (χ3v) is 8.93. The first-order valence-electron chi connectivity index (χ1n) is 11.3. The first-order valence-corrected chi connectivity index (χ1v) is 13.1. The number of fused-ring (bicyclic) bond motifs is 1. The maximum absolute atomic E-state index is 13.7. The van der Waals surface area contributed by atoms with E-state index >= 15 is 0 Å². The second kappa shape index (κ2) is 7.52. The normalized spacial score (nSPS) is 20.0. The number of aromatic nitrogens is 3. The Kier molecular flexibility index (Phi) is 5.11. The zero-order valence-electron chi connectivity index (χ0n) is 19.5. The summed E-state index contributed by atoms with van der Waals surface area (Å²) >= 11 is 0. The highest BCUT2D eigenvalue weighted by Crippen LogP contribution is 2.59. The summed E-state index contributed by atoms with van der Waals surface area (Å²) < 4.78 is 65.9. The van der Waals surface area contributed by atoms with Crippen LogP contribution in [0.3, 0.4) is 0 Å². The van der Waals surface area contributed by atoms with Gasteiger partial charge in [-0.3, -0.25) is 14.5 Å². The zero-order valence-corrected chi connectivity index (χ0v) is 20.3. The molecule has 1 saturated carbocycles. The minimum Gasteiger partial charge on any atom is -0.345 e. The van der Waals surface area contributed by atoms with Gasteiger partial charge in [0.15, 0.2) is 9.84 Å². The molecule has 1 aliphatic carbocycles. The lowest BCUT2D eigenvalue weighted by Crippen LogP contribution is -2.63. The van der Waals surface area contributed by atoms with Crippen molar-refractivity contribution >= 4 is 26.8 Å². The van der Waals surface area contributed by atoms with Gasteiger partial charge in [-0.15, -0.1) is 0 Å². The van der Waals surface area contributed by atoms with Gasteiger partial charge in [-0.1, -0.05) is 18.2 Å². The van der Waals surface area contributed by atoms with Gasteiger partial charge in [0, 0.05) is 17.8 Å². The molecule has 3 aromatic rings. The molecule has 7 nitrogen and oxygen atoms in total. The summed E-state index contributed by atoms with van der Waals surface area (Å²) in [5.41, 5.74) is -0.154. The fourth-order valence-electron chi connectivity index (χ4n) is 4.90. The predicted octanol–water partition coefficient (Wildman–Crippen LogP) is 4.19. The second-order valence-corrected chi connectivity index (χ2v) is 12.3. The van der Waals surface area contributed by atoms with Crippen molar-refractivity contribution in [3.05, 3.63) is 47.7 Å². The van der Waals surface area contributed by atoms with Crippen LogP contribution in [0.4, 0.5) is 13.2 Å². The van der Waals surface area contributed by atoms with Gasteiger partial charge in [-0.25, -0.2) is 8.42 Å². The van der Waals surface area contributed by atoms with E-state index in [1.54, 1.807) is 29.8 Å². The van der Waals surface area contributed by atoms with Gasteiger partial charge < -0.3 is 5.32 Å². The Labute approximate surface area is 200 Å². The van der Waals surface area contributed by atoms with Gasteiger partial charge in [0.25, 0.3) is 5.91 Å². The molecular weight excluding hydrogens is 481 g/mol. The predicted molar refractivity (Wildman–Crippen MR) is 125 cm³/mol. The van der Waals surface area contributed by atoms with Crippen LogP contribution in [0.5, 0.6) is 0 Å². The van der Waals surface area contributed by atoms with Gasteiger partial charge in [-0.05, 0) is 51.3 Å². The number of benzene rings is 1. The zero-order chi connectivity index (χ0) is 25.4. The molecule has 2 aromatic heterocycles. The van der Waals surface area contributed by atoms with Crippen LogP contribution >= 0.6 is 0 Å². The van der Waals surface area contributed by atoms with Crippen molar-refractivity contribution in [1.29, 1.82) is 0 Å². The molecule has 1 aromatic carbocycles. The monoisotopic (exact) mass is 506 g/mol. The van der Waals surface area contributed by atoms with Crippen LogP contribution in [0.15, 0.2) is 36.5 Å². The highest BCUT2D eigenvalue weighted by atomic mass is 32.2. The number of nitrogens with zero attached hydrogens (tertiary/aromatic N) is 3. The highest BCUT2D eigenvalue weighted by Gasteiger charge is 2.64. The molecule has 0 radical (unpaired) electrons. The van der Waals surface area contributed by atoms with E-state index in [9.17, 15) is 26.4 Å². The number of halogens is 3. The van der Waals surface area contributed by atoms with Crippen molar-refractivity contribution < 1.29 is 26.4 Å². The van der Waals surface area contributed by atoms with E-state index in [4.69, 9.17) is 0 Å². The van der Waals surface area contributed by atoms with E-state index in [0.29, 0.717) is 22.3 Å². The quantitative estimate of drug-likeness (QED) is 0.560. The maximum Gasteiger partial charge on any atom is 0.398 e. The lowest BCUT2D eigenvalue weighted by atomic mass is 9.93. The van der Waals surface area contributed by atoms with Crippen molar-refractivity contribution in [2.45, 2.75) is 56.8 Å². The van der Waals surface area contributed by atoms with E-state index in [0.717, 1.165) is 0 Å². The molecule has 2 fully saturated rings. The Morgan fingerprint density at radius 2 is 1.86 bits per heavy atom. The number of carbonyl (C=O) groups is 1. The number of pyridine rings is 1. The van der Waals surface area contributed by atoms with Crippen LogP contribution in [0.2, 0.25) is 0 Å². The minimum absolute atomic E-state index is 0.0675. The topological polar surface area (TPSA) is 93.9 Å². The Morgan fingerprint density at radius 3 is 2.43 bits per heavy atom. The highest BCUT2D eigenvalue weighted by molar-refractivity contribution is 7.93. The fraction of sp³-hybridized carbons (Fsp3) is 0.458. The van der Waals surface area contributed by atoms with Gasteiger partial charge >= 0.3 is 6.18 Å². The lowest BCUT2D eigenvalue weighted by Gasteiger charge is -2.38. The summed E-state index contributed by atoms with van der Waals surface area (Å²) in [4.78, 5) is 17.3. The van der Waals surface area contributed by atoms with Crippen LogP contribution < -0.4 is 5.32 Å². The fourth-order valence-corrected chi connectivity index (χ4v) is 6.90. The third-order valence-electron chi connectivity index (χ3n) is 6.77. The van der Waals surface area contributed by atoms with Gasteiger partial charge in [-0.2, -0.15) is 18.3 Å². The molecule has 186 valence electrons.